The van der Waals surface area contributed by atoms with Gasteiger partial charge in [-0.15, -0.1) is 5.10 Å². The van der Waals surface area contributed by atoms with Crippen LogP contribution < -0.4 is 35.6 Å². The molecule has 21 nitrogen and oxygen atoms in total. The molecule has 0 radical (unpaired) electrons. The second kappa shape index (κ2) is 33.7. The molecule has 0 unspecified atom stereocenters. The zero-order valence-electron chi connectivity index (χ0n) is 59.1. The van der Waals surface area contributed by atoms with E-state index in [1.807, 2.05) is 42.1 Å². The Labute approximate surface area is 587 Å². The predicted octanol–water partition coefficient (Wildman–Crippen LogP) is 10.4. The van der Waals surface area contributed by atoms with E-state index in [1.165, 1.54) is 22.5 Å². The smallest absolute Gasteiger partial charge is 0.260 e. The van der Waals surface area contributed by atoms with Crippen LogP contribution in [0.1, 0.15) is 148 Å². The van der Waals surface area contributed by atoms with E-state index >= 15 is 4.79 Å². The molecule has 3 aromatic heterocycles. The number of aromatic nitrogens is 6. The van der Waals surface area contributed by atoms with Crippen molar-refractivity contribution in [2.75, 3.05) is 125 Å². The summed E-state index contributed by atoms with van der Waals surface area (Å²) in [5, 5.41) is 19.5. The number of fused-ring (bicyclic) bond motifs is 7. The molecule has 2 aliphatic carbocycles. The molecule has 4 heterocycles. The van der Waals surface area contributed by atoms with Gasteiger partial charge in [0, 0.05) is 106 Å². The number of ether oxygens (including phenoxy) is 5. The molecule has 21 heteroatoms. The highest BCUT2D eigenvalue weighted by atomic mass is 16.6. The average molecular weight is 1360 g/mol. The molecule has 0 atom stereocenters. The molecule has 0 bridgehead atoms. The maximum atomic E-state index is 15.0. The van der Waals surface area contributed by atoms with Gasteiger partial charge in [0.05, 0.1) is 93.2 Å². The molecule has 5 aromatic carbocycles. The molecule has 0 saturated carbocycles. The van der Waals surface area contributed by atoms with Crippen molar-refractivity contribution in [3.05, 3.63) is 207 Å². The molecule has 3 amide bonds. The van der Waals surface area contributed by atoms with Crippen LogP contribution in [0.3, 0.4) is 0 Å². The Bertz CT molecular complexity index is 4090. The molecule has 3 aliphatic rings. The van der Waals surface area contributed by atoms with Gasteiger partial charge in [-0.3, -0.25) is 24.1 Å². The van der Waals surface area contributed by atoms with Gasteiger partial charge in [0.2, 0.25) is 5.91 Å². The van der Waals surface area contributed by atoms with Crippen LogP contribution in [-0.4, -0.2) is 154 Å². The number of rotatable bonds is 37. The lowest BCUT2D eigenvalue weighted by atomic mass is 9.68. The number of aryl methyl sites for hydroxylation is 3. The zero-order chi connectivity index (χ0) is 70.2. The maximum absolute atomic E-state index is 15.0. The van der Waals surface area contributed by atoms with Crippen molar-refractivity contribution < 1.29 is 47.4 Å². The quantitative estimate of drug-likeness (QED) is 0.0243. The van der Waals surface area contributed by atoms with Crippen LogP contribution in [0.5, 0.6) is 0 Å². The minimum absolute atomic E-state index is 0.00669. The number of carbonyl (C=O) groups is 4. The van der Waals surface area contributed by atoms with Gasteiger partial charge in [-0.2, -0.15) is 5.10 Å². The van der Waals surface area contributed by atoms with Crippen molar-refractivity contribution in [2.45, 2.75) is 106 Å². The number of pyridine rings is 1. The summed E-state index contributed by atoms with van der Waals surface area (Å²) in [6, 6.07) is 39.9. The summed E-state index contributed by atoms with van der Waals surface area (Å²) in [6.07, 6.45) is 14.1. The molecule has 8 aromatic rings. The van der Waals surface area contributed by atoms with Gasteiger partial charge in [-0.25, -0.2) is 13.9 Å². The Kier molecular flexibility index (Phi) is 24.2. The molecule has 1 aliphatic heterocycles. The van der Waals surface area contributed by atoms with Gasteiger partial charge >= 0.3 is 0 Å². The fourth-order valence-corrected chi connectivity index (χ4v) is 14.1. The summed E-state index contributed by atoms with van der Waals surface area (Å²) in [7, 11) is 0. The summed E-state index contributed by atoms with van der Waals surface area (Å²) in [6.45, 7) is 24.8. The highest BCUT2D eigenvalue weighted by Crippen LogP contribution is 2.56. The molecule has 4 N–H and O–H groups in total. The third-order valence-corrected chi connectivity index (χ3v) is 19.0. The number of hydrogen-bond donors (Lipinski definition) is 3. The van der Waals surface area contributed by atoms with E-state index in [0.29, 0.717) is 134 Å². The van der Waals surface area contributed by atoms with Gasteiger partial charge in [0.15, 0.2) is 24.7 Å². The number of nitrogens with two attached hydrogens (primary N) is 1. The SMILES string of the molecule is CCN(CC)c1ccc2c(c1)Cc1cc(N(CC)CC)ccc1C21c2ccccc2C(=O)N1c1ccc(/C=C/c2cc[n+](CCc3cn(CC(=O)NCCCOCCOCCOCCOCCOCCCNc4cc(-n5nc(C)c6c5CC(C)(C)CC6=O)ccc4C(N)=O)nn3)cc2)cc1. The number of Topliss-reactive ketones (excluding diaryl/α,β-unsaturated/α-hetero) is 1. The van der Waals surface area contributed by atoms with Crippen LogP contribution in [0.4, 0.5) is 22.7 Å². The Balaban J connectivity index is 0.538. The summed E-state index contributed by atoms with van der Waals surface area (Å²) in [5.74, 6) is -0.575. The lowest BCUT2D eigenvalue weighted by molar-refractivity contribution is -0.696. The lowest BCUT2D eigenvalue weighted by Crippen LogP contribution is -2.48. The zero-order valence-corrected chi connectivity index (χ0v) is 59.1. The molecular weight excluding hydrogens is 1260 g/mol. The number of primary amides is 1. The van der Waals surface area contributed by atoms with E-state index in [1.54, 1.807) is 10.7 Å². The normalized spacial score (nSPS) is 14.1. The predicted molar refractivity (Wildman–Crippen MR) is 390 cm³/mol. The van der Waals surface area contributed by atoms with Crippen molar-refractivity contribution in [2.24, 2.45) is 11.1 Å². The van der Waals surface area contributed by atoms with E-state index in [4.69, 9.17) is 34.5 Å². The van der Waals surface area contributed by atoms with Crippen molar-refractivity contribution in [3.63, 3.8) is 0 Å². The first kappa shape index (κ1) is 71.9. The van der Waals surface area contributed by atoms with Crippen LogP contribution >= 0.6 is 0 Å². The third-order valence-electron chi connectivity index (χ3n) is 19.0. The number of amides is 3. The first-order valence-corrected chi connectivity index (χ1v) is 35.4. The van der Waals surface area contributed by atoms with E-state index in [9.17, 15) is 14.4 Å². The molecular formula is C79H97N12O9+. The molecule has 0 fully saturated rings. The lowest BCUT2D eigenvalue weighted by Gasteiger charge is -2.45. The summed E-state index contributed by atoms with van der Waals surface area (Å²) in [5.41, 5.74) is 21.3. The van der Waals surface area contributed by atoms with Crippen molar-refractivity contribution >= 4 is 58.4 Å². The van der Waals surface area contributed by atoms with Crippen LogP contribution in [0.2, 0.25) is 0 Å². The topological polar surface area (TPSA) is 227 Å². The monoisotopic (exact) mass is 1360 g/mol. The van der Waals surface area contributed by atoms with Crippen LogP contribution in [-0.2, 0) is 66.4 Å². The number of carbonyl (C=O) groups excluding carboxylic acids is 4. The Morgan fingerprint density at radius 3 is 1.83 bits per heavy atom. The van der Waals surface area contributed by atoms with E-state index in [2.05, 4.69) is 191 Å². The van der Waals surface area contributed by atoms with Gasteiger partial charge in [0.25, 0.3) is 11.8 Å². The summed E-state index contributed by atoms with van der Waals surface area (Å²) >= 11 is 0. The average Bonchev–Trinajstić information content (AvgIpc) is 1.47. The second-order valence-electron chi connectivity index (χ2n) is 26.5. The van der Waals surface area contributed by atoms with Crippen LogP contribution in [0.25, 0.3) is 17.8 Å². The highest BCUT2D eigenvalue weighted by Gasteiger charge is 2.56. The molecule has 526 valence electrons. The van der Waals surface area contributed by atoms with Crippen LogP contribution in [0.15, 0.2) is 134 Å². The fraction of sp³-hybridized carbons (Fsp3) is 0.418. The van der Waals surface area contributed by atoms with Gasteiger partial charge in [0.1, 0.15) is 12.1 Å². The van der Waals surface area contributed by atoms with Crippen molar-refractivity contribution in [1.29, 1.82) is 0 Å². The van der Waals surface area contributed by atoms with Crippen LogP contribution in [0, 0.1) is 12.3 Å². The standard InChI is InChI=1S/C79H96N12O9/c1-8-87(9-2)63-25-28-68-59(49-63)48-60-50-64(88(10-3)11-4)26-29-69(60)79(68)70-17-13-12-16-66(70)77(95)90(79)62-22-20-57(21-23-62)18-19-58-30-35-86(36-31-58)37-32-61-54-89(85-83-61)55-74(93)82-34-15-39-97-41-43-99-45-47-100-46-44-98-42-40-96-38-14-33-81-71-51-65(24-27-67(71)76(80)94)91-72-52-78(6,7)53-73(92)75(72)56(5)84-91/h12-13,16-31,35-36,49-51,54H,8-11,14-15,32-34,37-48,52-53,55H2,1-7H3,(H3-,80,81,82,93,94)/p+1. The number of hydrogen-bond acceptors (Lipinski definition) is 15. The van der Waals surface area contributed by atoms with E-state index in [-0.39, 0.29) is 29.6 Å². The number of benzene rings is 5. The van der Waals surface area contributed by atoms with Gasteiger partial charge in [-0.05, 0) is 165 Å². The second-order valence-corrected chi connectivity index (χ2v) is 26.5. The molecule has 1 spiro atoms. The largest absolute Gasteiger partial charge is 0.384 e. The first-order valence-electron chi connectivity index (χ1n) is 35.4. The van der Waals surface area contributed by atoms with Crippen molar-refractivity contribution in [3.8, 4) is 5.69 Å². The van der Waals surface area contributed by atoms with Gasteiger partial charge in [-0.1, -0.05) is 73.7 Å². The summed E-state index contributed by atoms with van der Waals surface area (Å²) in [4.78, 5) is 59.8. The maximum Gasteiger partial charge on any atom is 0.260 e. The number of anilines is 4. The Morgan fingerprint density at radius 1 is 0.660 bits per heavy atom. The number of nitrogens with one attached hydrogen (secondary N) is 2. The molecule has 0 saturated heterocycles. The van der Waals surface area contributed by atoms with E-state index in [0.717, 1.165) is 95.2 Å². The minimum Gasteiger partial charge on any atom is -0.384 e. The third kappa shape index (κ3) is 16.7. The first-order chi connectivity index (χ1) is 48.6. The highest BCUT2D eigenvalue weighted by molar-refractivity contribution is 6.14. The molecule has 100 heavy (non-hydrogen) atoms. The minimum atomic E-state index is -0.863. The number of ketones is 1. The van der Waals surface area contributed by atoms with Gasteiger partial charge < -0.3 is 49.9 Å². The number of nitrogens with zero attached hydrogens (tertiary/aromatic N) is 9. The molecule has 11 rings (SSSR count). The Hall–Kier alpha value is -9.38. The fourth-order valence-electron chi connectivity index (χ4n) is 14.1. The van der Waals surface area contributed by atoms with Crippen molar-refractivity contribution in [1.82, 2.24) is 30.1 Å². The summed E-state index contributed by atoms with van der Waals surface area (Å²) < 4.78 is 33.8. The Morgan fingerprint density at radius 2 is 1.23 bits per heavy atom. The van der Waals surface area contributed by atoms with E-state index < -0.39 is 11.4 Å².